The van der Waals surface area contributed by atoms with Crippen LogP contribution in [0.5, 0.6) is 11.5 Å². The van der Waals surface area contributed by atoms with E-state index in [0.29, 0.717) is 0 Å². The Morgan fingerprint density at radius 3 is 1.94 bits per heavy atom. The van der Waals surface area contributed by atoms with Gasteiger partial charge in [0.2, 0.25) is 0 Å². The standard InChI is InChI=1S/C15H17NO2/c1-11(16)13-4-8-15(9-5-13)18-14-6-2-12(10-17)3-7-14/h2-9,11,17H,10,16H2,1H3/t11-/m0/s1. The smallest absolute Gasteiger partial charge is 0.127 e. The SMILES string of the molecule is C[C@H](N)c1ccc(Oc2ccc(CO)cc2)cc1. The summed E-state index contributed by atoms with van der Waals surface area (Å²) >= 11 is 0. The Morgan fingerprint density at radius 1 is 1.00 bits per heavy atom. The predicted octanol–water partition coefficient (Wildman–Crippen LogP) is 2.99. The van der Waals surface area contributed by atoms with Gasteiger partial charge in [-0.15, -0.1) is 0 Å². The van der Waals surface area contributed by atoms with E-state index < -0.39 is 0 Å². The van der Waals surface area contributed by atoms with E-state index in [0.717, 1.165) is 22.6 Å². The van der Waals surface area contributed by atoms with Crippen LogP contribution in [0.2, 0.25) is 0 Å². The second-order valence-electron chi connectivity index (χ2n) is 4.26. The minimum absolute atomic E-state index is 0.0305. The van der Waals surface area contributed by atoms with Gasteiger partial charge in [-0.1, -0.05) is 24.3 Å². The molecule has 0 aromatic heterocycles. The lowest BCUT2D eigenvalue weighted by atomic mass is 10.1. The normalized spacial score (nSPS) is 12.2. The number of hydrogen-bond acceptors (Lipinski definition) is 3. The molecule has 0 heterocycles. The molecule has 0 unspecified atom stereocenters. The lowest BCUT2D eigenvalue weighted by molar-refractivity contribution is 0.281. The summed E-state index contributed by atoms with van der Waals surface area (Å²) < 4.78 is 5.69. The first kappa shape index (κ1) is 12.6. The minimum atomic E-state index is 0.0305. The molecule has 0 spiro atoms. The highest BCUT2D eigenvalue weighted by Crippen LogP contribution is 2.23. The van der Waals surface area contributed by atoms with Crippen molar-refractivity contribution >= 4 is 0 Å². The topological polar surface area (TPSA) is 55.5 Å². The van der Waals surface area contributed by atoms with E-state index in [1.54, 1.807) is 0 Å². The van der Waals surface area contributed by atoms with Gasteiger partial charge in [-0.2, -0.15) is 0 Å². The van der Waals surface area contributed by atoms with Crippen LogP contribution in [0.3, 0.4) is 0 Å². The Balaban J connectivity index is 2.08. The van der Waals surface area contributed by atoms with Crippen molar-refractivity contribution in [2.45, 2.75) is 19.6 Å². The van der Waals surface area contributed by atoms with Gasteiger partial charge in [0.25, 0.3) is 0 Å². The van der Waals surface area contributed by atoms with Crippen molar-refractivity contribution in [1.82, 2.24) is 0 Å². The molecule has 3 nitrogen and oxygen atoms in total. The molecular formula is C15H17NO2. The van der Waals surface area contributed by atoms with Crippen LogP contribution in [0.4, 0.5) is 0 Å². The number of nitrogens with two attached hydrogens (primary N) is 1. The molecule has 0 fully saturated rings. The summed E-state index contributed by atoms with van der Waals surface area (Å²) in [5, 5.41) is 8.95. The lowest BCUT2D eigenvalue weighted by Gasteiger charge is -2.09. The Morgan fingerprint density at radius 2 is 1.50 bits per heavy atom. The minimum Gasteiger partial charge on any atom is -0.457 e. The fourth-order valence-electron chi connectivity index (χ4n) is 1.64. The summed E-state index contributed by atoms with van der Waals surface area (Å²) in [5.74, 6) is 1.52. The molecule has 2 aromatic rings. The first-order chi connectivity index (χ1) is 8.69. The van der Waals surface area contributed by atoms with Gasteiger partial charge in [0, 0.05) is 6.04 Å². The molecule has 0 amide bonds. The quantitative estimate of drug-likeness (QED) is 0.868. The van der Waals surface area contributed by atoms with Crippen LogP contribution in [0.15, 0.2) is 48.5 Å². The van der Waals surface area contributed by atoms with Crippen molar-refractivity contribution in [3.8, 4) is 11.5 Å². The van der Waals surface area contributed by atoms with E-state index in [1.807, 2.05) is 55.5 Å². The number of aliphatic hydroxyl groups is 1. The predicted molar refractivity (Wildman–Crippen MR) is 71.5 cm³/mol. The van der Waals surface area contributed by atoms with Gasteiger partial charge < -0.3 is 15.6 Å². The van der Waals surface area contributed by atoms with Gasteiger partial charge in [-0.3, -0.25) is 0 Å². The van der Waals surface area contributed by atoms with Crippen LogP contribution in [-0.4, -0.2) is 5.11 Å². The van der Waals surface area contributed by atoms with Gasteiger partial charge in [0.15, 0.2) is 0 Å². The molecule has 0 saturated carbocycles. The van der Waals surface area contributed by atoms with Crippen molar-refractivity contribution in [3.63, 3.8) is 0 Å². The fraction of sp³-hybridized carbons (Fsp3) is 0.200. The van der Waals surface area contributed by atoms with Gasteiger partial charge in [0.05, 0.1) is 6.61 Å². The largest absolute Gasteiger partial charge is 0.457 e. The summed E-state index contributed by atoms with van der Waals surface area (Å²) in [6.07, 6.45) is 0. The molecule has 3 N–H and O–H groups in total. The molecule has 0 bridgehead atoms. The second-order valence-corrected chi connectivity index (χ2v) is 4.26. The van der Waals surface area contributed by atoms with E-state index in [2.05, 4.69) is 0 Å². The summed E-state index contributed by atoms with van der Waals surface area (Å²) in [6.45, 7) is 1.99. The van der Waals surface area contributed by atoms with E-state index >= 15 is 0 Å². The fourth-order valence-corrected chi connectivity index (χ4v) is 1.64. The summed E-state index contributed by atoms with van der Waals surface area (Å²) in [4.78, 5) is 0. The van der Waals surface area contributed by atoms with Gasteiger partial charge in [0.1, 0.15) is 11.5 Å². The molecule has 2 rings (SSSR count). The van der Waals surface area contributed by atoms with Gasteiger partial charge >= 0.3 is 0 Å². The van der Waals surface area contributed by atoms with E-state index in [4.69, 9.17) is 15.6 Å². The Labute approximate surface area is 107 Å². The first-order valence-electron chi connectivity index (χ1n) is 5.92. The summed E-state index contributed by atoms with van der Waals surface area (Å²) in [6, 6.07) is 15.1. The van der Waals surface area contributed by atoms with E-state index in [9.17, 15) is 0 Å². The molecule has 0 saturated heterocycles. The van der Waals surface area contributed by atoms with Crippen molar-refractivity contribution in [3.05, 3.63) is 59.7 Å². The summed E-state index contributed by atoms with van der Waals surface area (Å²) in [5.41, 5.74) is 7.74. The van der Waals surface area contributed by atoms with Gasteiger partial charge in [-0.05, 0) is 42.3 Å². The number of benzene rings is 2. The first-order valence-corrected chi connectivity index (χ1v) is 5.92. The maximum atomic E-state index is 8.95. The average Bonchev–Trinajstić information content (AvgIpc) is 2.40. The monoisotopic (exact) mass is 243 g/mol. The van der Waals surface area contributed by atoms with Crippen LogP contribution in [0.1, 0.15) is 24.1 Å². The highest BCUT2D eigenvalue weighted by atomic mass is 16.5. The molecule has 3 heteroatoms. The zero-order valence-corrected chi connectivity index (χ0v) is 10.3. The maximum absolute atomic E-state index is 8.95. The Kier molecular flexibility index (Phi) is 3.97. The highest BCUT2D eigenvalue weighted by Gasteiger charge is 2.01. The number of rotatable bonds is 4. The third kappa shape index (κ3) is 3.09. The molecule has 0 aliphatic heterocycles. The van der Waals surface area contributed by atoms with E-state index in [1.165, 1.54) is 0 Å². The third-order valence-electron chi connectivity index (χ3n) is 2.75. The lowest BCUT2D eigenvalue weighted by Crippen LogP contribution is -2.04. The number of ether oxygens (including phenoxy) is 1. The van der Waals surface area contributed by atoms with Crippen LogP contribution in [0.25, 0.3) is 0 Å². The zero-order valence-electron chi connectivity index (χ0n) is 10.3. The van der Waals surface area contributed by atoms with Crippen LogP contribution in [-0.2, 0) is 6.61 Å². The molecule has 0 radical (unpaired) electrons. The van der Waals surface area contributed by atoms with Crippen LogP contribution in [0, 0.1) is 0 Å². The number of aliphatic hydroxyl groups excluding tert-OH is 1. The van der Waals surface area contributed by atoms with Crippen molar-refractivity contribution < 1.29 is 9.84 Å². The summed E-state index contributed by atoms with van der Waals surface area (Å²) in [7, 11) is 0. The number of hydrogen-bond donors (Lipinski definition) is 2. The molecule has 94 valence electrons. The van der Waals surface area contributed by atoms with Crippen molar-refractivity contribution in [2.24, 2.45) is 5.73 Å². The molecular weight excluding hydrogens is 226 g/mol. The van der Waals surface area contributed by atoms with Gasteiger partial charge in [-0.25, -0.2) is 0 Å². The maximum Gasteiger partial charge on any atom is 0.127 e. The van der Waals surface area contributed by atoms with Crippen LogP contribution < -0.4 is 10.5 Å². The Bertz CT molecular complexity index is 489. The Hall–Kier alpha value is -1.84. The molecule has 18 heavy (non-hydrogen) atoms. The average molecular weight is 243 g/mol. The molecule has 2 aromatic carbocycles. The highest BCUT2D eigenvalue weighted by molar-refractivity contribution is 5.35. The molecule has 1 atom stereocenters. The zero-order chi connectivity index (χ0) is 13.0. The van der Waals surface area contributed by atoms with Crippen molar-refractivity contribution in [1.29, 1.82) is 0 Å². The van der Waals surface area contributed by atoms with E-state index in [-0.39, 0.29) is 12.6 Å². The molecule has 0 aliphatic carbocycles. The molecule has 0 aliphatic rings. The van der Waals surface area contributed by atoms with Crippen LogP contribution >= 0.6 is 0 Å². The second kappa shape index (κ2) is 5.67. The van der Waals surface area contributed by atoms with Crippen molar-refractivity contribution in [2.75, 3.05) is 0 Å². The third-order valence-corrected chi connectivity index (χ3v) is 2.75.